The van der Waals surface area contributed by atoms with Crippen molar-refractivity contribution in [3.63, 3.8) is 0 Å². The lowest BCUT2D eigenvalue weighted by atomic mass is 9.44. The zero-order valence-electron chi connectivity index (χ0n) is 17.6. The fraction of sp³-hybridized carbons (Fsp3) is 0.348. The van der Waals surface area contributed by atoms with Gasteiger partial charge in [-0.3, -0.25) is 14.4 Å². The SMILES string of the molecule is O=C(COc1ccc(F)c(F)c1)NC12CC(NC(=O)[C@H]3CC(=O)c4cc(F)c(F)cc4O3)(C1)C2. The van der Waals surface area contributed by atoms with Crippen LogP contribution >= 0.6 is 0 Å². The Labute approximate surface area is 190 Å². The van der Waals surface area contributed by atoms with Crippen molar-refractivity contribution in [3.8, 4) is 11.5 Å². The third kappa shape index (κ3) is 3.84. The van der Waals surface area contributed by atoms with Crippen LogP contribution in [0.2, 0.25) is 0 Å². The molecule has 0 spiro atoms. The van der Waals surface area contributed by atoms with Gasteiger partial charge in [-0.05, 0) is 37.5 Å². The van der Waals surface area contributed by atoms with E-state index in [-0.39, 0.29) is 30.1 Å². The van der Waals surface area contributed by atoms with Gasteiger partial charge in [-0.15, -0.1) is 0 Å². The molecular weight excluding hydrogens is 460 g/mol. The van der Waals surface area contributed by atoms with Gasteiger partial charge in [-0.1, -0.05) is 0 Å². The first kappa shape index (κ1) is 22.2. The number of hydrogen-bond acceptors (Lipinski definition) is 5. The summed E-state index contributed by atoms with van der Waals surface area (Å²) in [5, 5.41) is 5.65. The van der Waals surface area contributed by atoms with E-state index in [9.17, 15) is 31.9 Å². The minimum absolute atomic E-state index is 0.0154. The summed E-state index contributed by atoms with van der Waals surface area (Å²) in [5.74, 6) is -6.15. The largest absolute Gasteiger partial charge is 0.484 e. The molecular formula is C23H18F4N2O5. The van der Waals surface area contributed by atoms with Gasteiger partial charge in [0.25, 0.3) is 11.8 Å². The quantitative estimate of drug-likeness (QED) is 0.623. The fourth-order valence-electron chi connectivity index (χ4n) is 4.91. The number of ketones is 1. The first-order valence-electron chi connectivity index (χ1n) is 10.5. The predicted molar refractivity (Wildman–Crippen MR) is 107 cm³/mol. The lowest BCUT2D eigenvalue weighted by molar-refractivity contribution is -0.154. The molecule has 2 aromatic carbocycles. The van der Waals surface area contributed by atoms with Crippen molar-refractivity contribution in [3.05, 3.63) is 59.2 Å². The molecule has 0 unspecified atom stereocenters. The van der Waals surface area contributed by atoms with Gasteiger partial charge in [-0.2, -0.15) is 0 Å². The number of carbonyl (C=O) groups is 3. The van der Waals surface area contributed by atoms with Crippen LogP contribution in [0.25, 0.3) is 0 Å². The highest BCUT2D eigenvalue weighted by Gasteiger charge is 2.69. The molecule has 4 aliphatic rings. The molecule has 6 rings (SSSR count). The van der Waals surface area contributed by atoms with Crippen LogP contribution in [0.5, 0.6) is 11.5 Å². The third-order valence-electron chi connectivity index (χ3n) is 6.34. The molecule has 7 nitrogen and oxygen atoms in total. The number of rotatable bonds is 6. The summed E-state index contributed by atoms with van der Waals surface area (Å²) in [6.07, 6.45) is -0.100. The molecule has 2 aromatic rings. The van der Waals surface area contributed by atoms with Crippen LogP contribution in [0.4, 0.5) is 17.6 Å². The maximum atomic E-state index is 13.5. The number of amides is 2. The maximum absolute atomic E-state index is 13.5. The summed E-state index contributed by atoms with van der Waals surface area (Å²) in [6, 6.07) is 4.45. The lowest BCUT2D eigenvalue weighted by Gasteiger charge is -2.70. The first-order chi connectivity index (χ1) is 16.1. The normalized spacial score (nSPS) is 26.4. The van der Waals surface area contributed by atoms with Crippen LogP contribution in [0.1, 0.15) is 36.0 Å². The van der Waals surface area contributed by atoms with Crippen LogP contribution in [0.3, 0.4) is 0 Å². The molecule has 0 radical (unpaired) electrons. The molecule has 3 fully saturated rings. The van der Waals surface area contributed by atoms with E-state index in [1.54, 1.807) is 0 Å². The van der Waals surface area contributed by atoms with E-state index in [1.807, 2.05) is 0 Å². The van der Waals surface area contributed by atoms with E-state index >= 15 is 0 Å². The van der Waals surface area contributed by atoms with Crippen LogP contribution in [0.15, 0.2) is 30.3 Å². The number of benzene rings is 2. The van der Waals surface area contributed by atoms with Gasteiger partial charge in [0.1, 0.15) is 11.5 Å². The monoisotopic (exact) mass is 478 g/mol. The summed E-state index contributed by atoms with van der Waals surface area (Å²) >= 11 is 0. The highest BCUT2D eigenvalue weighted by molar-refractivity contribution is 6.03. The highest BCUT2D eigenvalue weighted by atomic mass is 19.2. The first-order valence-corrected chi connectivity index (χ1v) is 10.5. The van der Waals surface area contributed by atoms with Gasteiger partial charge in [0.2, 0.25) is 0 Å². The number of ether oxygens (including phenoxy) is 2. The third-order valence-corrected chi connectivity index (χ3v) is 6.34. The van der Waals surface area contributed by atoms with Gasteiger partial charge in [0.05, 0.1) is 12.0 Å². The second kappa shape index (κ2) is 7.71. The van der Waals surface area contributed by atoms with Crippen molar-refractivity contribution in [1.29, 1.82) is 0 Å². The lowest BCUT2D eigenvalue weighted by Crippen LogP contribution is -2.84. The Kier molecular flexibility index (Phi) is 5.03. The second-order valence-corrected chi connectivity index (χ2v) is 8.99. The van der Waals surface area contributed by atoms with Crippen LogP contribution in [0, 0.1) is 23.3 Å². The van der Waals surface area contributed by atoms with E-state index in [4.69, 9.17) is 9.47 Å². The van der Waals surface area contributed by atoms with Crippen LogP contribution in [-0.4, -0.2) is 41.4 Å². The Morgan fingerprint density at radius 3 is 2.29 bits per heavy atom. The number of carbonyl (C=O) groups excluding carboxylic acids is 3. The number of nitrogens with one attached hydrogen (secondary N) is 2. The smallest absolute Gasteiger partial charge is 0.261 e. The second-order valence-electron chi connectivity index (χ2n) is 8.99. The number of Topliss-reactive ketones (excluding diaryl/α,β-unsaturated/α-hetero) is 1. The molecule has 1 heterocycles. The summed E-state index contributed by atoms with van der Waals surface area (Å²) < 4.78 is 63.6. The molecule has 1 aliphatic heterocycles. The van der Waals surface area contributed by atoms with E-state index in [0.29, 0.717) is 19.3 Å². The molecule has 2 N–H and O–H groups in total. The van der Waals surface area contributed by atoms with Gasteiger partial charge in [0, 0.05) is 23.2 Å². The number of hydrogen-bond donors (Lipinski definition) is 2. The topological polar surface area (TPSA) is 93.7 Å². The van der Waals surface area contributed by atoms with E-state index in [1.165, 1.54) is 6.07 Å². The Balaban J connectivity index is 1.11. The number of halogens is 4. The Bertz CT molecular complexity index is 1210. The highest BCUT2D eigenvalue weighted by Crippen LogP contribution is 2.60. The Morgan fingerprint density at radius 1 is 0.941 bits per heavy atom. The van der Waals surface area contributed by atoms with Gasteiger partial charge < -0.3 is 20.1 Å². The Hall–Kier alpha value is -3.63. The molecule has 0 saturated heterocycles. The predicted octanol–water partition coefficient (Wildman–Crippen LogP) is 2.56. The van der Waals surface area contributed by atoms with E-state index < -0.39 is 58.0 Å². The molecule has 1 atom stereocenters. The number of fused-ring (bicyclic) bond motifs is 1. The molecule has 3 saturated carbocycles. The average Bonchev–Trinajstić information content (AvgIpc) is 2.73. The molecule has 2 amide bonds. The molecule has 178 valence electrons. The molecule has 3 aliphatic carbocycles. The standard InChI is InChI=1S/C23H18F4N2O5/c24-13-2-1-11(3-14(13)25)33-7-20(31)28-22-8-23(9-22,10-22)29-21(32)19-6-17(30)12-4-15(26)16(27)5-18(12)34-19/h1-5,19H,6-10H2,(H,28,31)(H,29,32)/t19-,22?,23?/m1/s1. The van der Waals surface area contributed by atoms with Gasteiger partial charge in [0.15, 0.2) is 41.8 Å². The van der Waals surface area contributed by atoms with Gasteiger partial charge >= 0.3 is 0 Å². The summed E-state index contributed by atoms with van der Waals surface area (Å²) in [6.45, 7) is -0.388. The molecule has 34 heavy (non-hydrogen) atoms. The fourth-order valence-corrected chi connectivity index (χ4v) is 4.91. The van der Waals surface area contributed by atoms with Crippen molar-refractivity contribution in [2.75, 3.05) is 6.61 Å². The van der Waals surface area contributed by atoms with Crippen molar-refractivity contribution >= 4 is 17.6 Å². The summed E-state index contributed by atoms with van der Waals surface area (Å²) in [5.41, 5.74) is -1.16. The van der Waals surface area contributed by atoms with Crippen molar-refractivity contribution in [2.24, 2.45) is 0 Å². The zero-order chi connectivity index (χ0) is 24.3. The molecule has 0 aromatic heterocycles. The van der Waals surface area contributed by atoms with Crippen molar-refractivity contribution in [1.82, 2.24) is 10.6 Å². The Morgan fingerprint density at radius 2 is 1.59 bits per heavy atom. The van der Waals surface area contributed by atoms with Crippen LogP contribution in [-0.2, 0) is 9.59 Å². The minimum Gasteiger partial charge on any atom is -0.484 e. The minimum atomic E-state index is -1.18. The average molecular weight is 478 g/mol. The zero-order valence-corrected chi connectivity index (χ0v) is 17.6. The van der Waals surface area contributed by atoms with Crippen molar-refractivity contribution < 1.29 is 41.4 Å². The molecule has 11 heteroatoms. The molecule has 2 bridgehead atoms. The van der Waals surface area contributed by atoms with Crippen LogP contribution < -0.4 is 20.1 Å². The van der Waals surface area contributed by atoms with Crippen molar-refractivity contribution in [2.45, 2.75) is 42.9 Å². The van der Waals surface area contributed by atoms with Gasteiger partial charge in [-0.25, -0.2) is 17.6 Å². The van der Waals surface area contributed by atoms with E-state index in [2.05, 4.69) is 10.6 Å². The van der Waals surface area contributed by atoms with E-state index in [0.717, 1.165) is 24.3 Å². The summed E-state index contributed by atoms with van der Waals surface area (Å²) in [7, 11) is 0. The summed E-state index contributed by atoms with van der Waals surface area (Å²) in [4.78, 5) is 37.1. The maximum Gasteiger partial charge on any atom is 0.261 e.